The van der Waals surface area contributed by atoms with Crippen LogP contribution in [0.3, 0.4) is 0 Å². The second-order valence-corrected chi connectivity index (χ2v) is 7.33. The van der Waals surface area contributed by atoms with E-state index in [4.69, 9.17) is 9.15 Å². The number of aromatic nitrogens is 2. The molecule has 2 fully saturated rings. The fraction of sp³-hybridized carbons (Fsp3) is 0.450. The van der Waals surface area contributed by atoms with Gasteiger partial charge in [-0.3, -0.25) is 19.7 Å². The fourth-order valence-corrected chi connectivity index (χ4v) is 4.05. The first kappa shape index (κ1) is 18.3. The molecule has 0 spiro atoms. The van der Waals surface area contributed by atoms with E-state index in [0.29, 0.717) is 18.6 Å². The van der Waals surface area contributed by atoms with Crippen molar-refractivity contribution >= 4 is 23.7 Å². The molecular formula is C20H21N3O5. The number of rotatable bonds is 5. The minimum absolute atomic E-state index is 0.0336. The topological polar surface area (TPSA) is 111 Å². The lowest BCUT2D eigenvalue weighted by Crippen LogP contribution is -2.40. The van der Waals surface area contributed by atoms with E-state index in [0.717, 1.165) is 24.8 Å². The summed E-state index contributed by atoms with van der Waals surface area (Å²) in [5, 5.41) is 10.1. The number of ketones is 1. The number of ether oxygens (including phenoxy) is 1. The molecule has 0 radical (unpaired) electrons. The zero-order chi connectivity index (χ0) is 19.5. The van der Waals surface area contributed by atoms with Crippen molar-refractivity contribution in [2.75, 3.05) is 11.9 Å². The standard InChI is InChI=1S/C20H21N3O5/c24-16(21-20-23-22-18(28-20)12-5-2-1-3-6-12)11-27-19(26)15-9-13-7-4-8-14(10-15)17(13)25/h1-3,5-6,13-15H,4,7-11H2,(H,21,23,24)/t13-,14+,15?. The monoisotopic (exact) mass is 383 g/mol. The van der Waals surface area contributed by atoms with Crippen LogP contribution in [-0.4, -0.2) is 34.5 Å². The maximum absolute atomic E-state index is 12.3. The van der Waals surface area contributed by atoms with Crippen LogP contribution in [0.5, 0.6) is 0 Å². The molecule has 0 saturated heterocycles. The van der Waals surface area contributed by atoms with E-state index in [1.807, 2.05) is 30.3 Å². The Morgan fingerprint density at radius 1 is 1.11 bits per heavy atom. The summed E-state index contributed by atoms with van der Waals surface area (Å²) in [5.41, 5.74) is 0.735. The summed E-state index contributed by atoms with van der Waals surface area (Å²) in [6.45, 7) is -0.429. The van der Waals surface area contributed by atoms with Crippen molar-refractivity contribution in [2.45, 2.75) is 32.1 Å². The first-order chi connectivity index (χ1) is 13.6. The van der Waals surface area contributed by atoms with Gasteiger partial charge in [-0.15, -0.1) is 5.10 Å². The van der Waals surface area contributed by atoms with Crippen LogP contribution in [0.4, 0.5) is 6.01 Å². The normalized spacial score (nSPS) is 23.9. The first-order valence-corrected chi connectivity index (χ1v) is 9.49. The molecule has 8 nitrogen and oxygen atoms in total. The van der Waals surface area contributed by atoms with Crippen molar-refractivity contribution in [2.24, 2.45) is 17.8 Å². The van der Waals surface area contributed by atoms with E-state index in [9.17, 15) is 14.4 Å². The highest BCUT2D eigenvalue weighted by Crippen LogP contribution is 2.40. The maximum atomic E-state index is 12.3. The summed E-state index contributed by atoms with van der Waals surface area (Å²) in [5.74, 6) is -0.778. The van der Waals surface area contributed by atoms with Gasteiger partial charge in [0.15, 0.2) is 6.61 Å². The Morgan fingerprint density at radius 2 is 1.82 bits per heavy atom. The lowest BCUT2D eigenvalue weighted by molar-refractivity contribution is -0.155. The molecule has 8 heteroatoms. The highest BCUT2D eigenvalue weighted by atomic mass is 16.5. The van der Waals surface area contributed by atoms with Crippen LogP contribution in [0.2, 0.25) is 0 Å². The molecule has 28 heavy (non-hydrogen) atoms. The third-order valence-corrected chi connectivity index (χ3v) is 5.42. The Bertz CT molecular complexity index is 863. The summed E-state index contributed by atoms with van der Waals surface area (Å²) in [7, 11) is 0. The number of benzene rings is 1. The molecule has 146 valence electrons. The third kappa shape index (κ3) is 3.95. The molecule has 1 amide bonds. The van der Waals surface area contributed by atoms with Gasteiger partial charge in [0.1, 0.15) is 5.78 Å². The number of carbonyl (C=O) groups is 3. The molecule has 1 heterocycles. The molecule has 1 N–H and O–H groups in total. The zero-order valence-corrected chi connectivity index (χ0v) is 15.3. The van der Waals surface area contributed by atoms with Gasteiger partial charge in [-0.1, -0.05) is 29.7 Å². The number of Topliss-reactive ketones (excluding diaryl/α,β-unsaturated/α-hetero) is 1. The molecule has 2 bridgehead atoms. The number of nitrogens with one attached hydrogen (secondary N) is 1. The second kappa shape index (κ2) is 7.92. The van der Waals surface area contributed by atoms with Gasteiger partial charge >= 0.3 is 12.0 Å². The van der Waals surface area contributed by atoms with Crippen molar-refractivity contribution in [3.05, 3.63) is 30.3 Å². The van der Waals surface area contributed by atoms with Crippen LogP contribution < -0.4 is 5.32 Å². The molecule has 4 rings (SSSR count). The highest BCUT2D eigenvalue weighted by Gasteiger charge is 2.41. The average Bonchev–Trinajstić information content (AvgIpc) is 3.15. The first-order valence-electron chi connectivity index (χ1n) is 9.49. The Balaban J connectivity index is 1.27. The van der Waals surface area contributed by atoms with Gasteiger partial charge in [0.05, 0.1) is 5.92 Å². The Labute approximate surface area is 161 Å². The summed E-state index contributed by atoms with van der Waals surface area (Å²) < 4.78 is 10.5. The van der Waals surface area contributed by atoms with E-state index in [2.05, 4.69) is 15.5 Å². The summed E-state index contributed by atoms with van der Waals surface area (Å²) in [6.07, 6.45) is 3.79. The van der Waals surface area contributed by atoms with Crippen molar-refractivity contribution in [1.29, 1.82) is 0 Å². The van der Waals surface area contributed by atoms with Gasteiger partial charge in [-0.25, -0.2) is 0 Å². The lowest BCUT2D eigenvalue weighted by Gasteiger charge is -2.36. The lowest BCUT2D eigenvalue weighted by atomic mass is 9.67. The van der Waals surface area contributed by atoms with Crippen LogP contribution >= 0.6 is 0 Å². The van der Waals surface area contributed by atoms with Crippen LogP contribution in [-0.2, 0) is 19.1 Å². The highest BCUT2D eigenvalue weighted by molar-refractivity contribution is 5.91. The maximum Gasteiger partial charge on any atom is 0.322 e. The van der Waals surface area contributed by atoms with Crippen molar-refractivity contribution in [3.8, 4) is 11.5 Å². The van der Waals surface area contributed by atoms with E-state index < -0.39 is 18.5 Å². The Kier molecular flexibility index (Phi) is 5.18. The van der Waals surface area contributed by atoms with Crippen LogP contribution in [0.25, 0.3) is 11.5 Å². The number of carbonyl (C=O) groups excluding carboxylic acids is 3. The molecule has 1 aromatic carbocycles. The number of anilines is 1. The number of fused-ring (bicyclic) bond motifs is 2. The largest absolute Gasteiger partial charge is 0.455 e. The summed E-state index contributed by atoms with van der Waals surface area (Å²) in [6, 6.07) is 9.11. The number of amides is 1. The SMILES string of the molecule is O=C(COC(=O)C1C[C@H]2CCC[C@@H](C1)C2=O)Nc1nnc(-c2ccccc2)o1. The predicted octanol–water partition coefficient (Wildman–Crippen LogP) is 2.61. The third-order valence-electron chi connectivity index (χ3n) is 5.42. The van der Waals surface area contributed by atoms with Gasteiger partial charge in [-0.05, 0) is 37.8 Å². The molecule has 0 aliphatic heterocycles. The molecule has 3 atom stereocenters. The fourth-order valence-electron chi connectivity index (χ4n) is 4.05. The number of esters is 1. The predicted molar refractivity (Wildman–Crippen MR) is 97.9 cm³/mol. The number of hydrogen-bond acceptors (Lipinski definition) is 7. The van der Waals surface area contributed by atoms with Crippen molar-refractivity contribution in [1.82, 2.24) is 10.2 Å². The average molecular weight is 383 g/mol. The molecule has 2 aromatic rings. The minimum Gasteiger partial charge on any atom is -0.455 e. The van der Waals surface area contributed by atoms with Gasteiger partial charge in [0.25, 0.3) is 5.91 Å². The van der Waals surface area contributed by atoms with Crippen molar-refractivity contribution in [3.63, 3.8) is 0 Å². The van der Waals surface area contributed by atoms with Crippen LogP contribution in [0, 0.1) is 17.8 Å². The van der Waals surface area contributed by atoms with Crippen LogP contribution in [0.1, 0.15) is 32.1 Å². The van der Waals surface area contributed by atoms with Crippen molar-refractivity contribution < 1.29 is 23.5 Å². The molecular weight excluding hydrogens is 362 g/mol. The summed E-state index contributed by atoms with van der Waals surface area (Å²) in [4.78, 5) is 36.5. The van der Waals surface area contributed by atoms with E-state index in [1.165, 1.54) is 0 Å². The Morgan fingerprint density at radius 3 is 2.54 bits per heavy atom. The van der Waals surface area contributed by atoms with Gasteiger partial charge in [-0.2, -0.15) is 0 Å². The molecule has 1 unspecified atom stereocenters. The van der Waals surface area contributed by atoms with Gasteiger partial charge < -0.3 is 9.15 Å². The summed E-state index contributed by atoms with van der Waals surface area (Å²) >= 11 is 0. The molecule has 2 aliphatic rings. The molecule has 1 aromatic heterocycles. The Hall–Kier alpha value is -3.03. The van der Waals surface area contributed by atoms with E-state index >= 15 is 0 Å². The second-order valence-electron chi connectivity index (χ2n) is 7.33. The minimum atomic E-state index is -0.552. The van der Waals surface area contributed by atoms with Crippen LogP contribution in [0.15, 0.2) is 34.7 Å². The number of nitrogens with zero attached hydrogens (tertiary/aromatic N) is 2. The quantitative estimate of drug-likeness (QED) is 0.790. The molecule has 2 aliphatic carbocycles. The molecule has 2 saturated carbocycles. The smallest absolute Gasteiger partial charge is 0.322 e. The van der Waals surface area contributed by atoms with Gasteiger partial charge in [0.2, 0.25) is 5.89 Å². The zero-order valence-electron chi connectivity index (χ0n) is 15.3. The van der Waals surface area contributed by atoms with Gasteiger partial charge in [0, 0.05) is 17.4 Å². The van der Waals surface area contributed by atoms with E-state index in [1.54, 1.807) is 0 Å². The van der Waals surface area contributed by atoms with E-state index in [-0.39, 0.29) is 29.7 Å². The number of hydrogen-bond donors (Lipinski definition) is 1.